The van der Waals surface area contributed by atoms with Gasteiger partial charge in [0.05, 0.1) is 12.5 Å². The Morgan fingerprint density at radius 1 is 1.42 bits per heavy atom. The van der Waals surface area contributed by atoms with E-state index in [9.17, 15) is 4.79 Å². The molecule has 0 spiro atoms. The third kappa shape index (κ3) is 3.61. The van der Waals surface area contributed by atoms with Gasteiger partial charge in [0, 0.05) is 5.41 Å². The van der Waals surface area contributed by atoms with Crippen LogP contribution in [0.4, 0.5) is 0 Å². The van der Waals surface area contributed by atoms with Crippen molar-refractivity contribution in [1.82, 2.24) is 0 Å². The SMILES string of the molecule is CC(C)=CCC(C)C1CC1(C)COC(=O)C1CCC1. The van der Waals surface area contributed by atoms with Crippen LogP contribution < -0.4 is 0 Å². The monoisotopic (exact) mass is 264 g/mol. The summed E-state index contributed by atoms with van der Waals surface area (Å²) in [4.78, 5) is 11.8. The number of rotatable bonds is 6. The average Bonchev–Trinajstić information content (AvgIpc) is 2.94. The van der Waals surface area contributed by atoms with E-state index in [-0.39, 0.29) is 17.3 Å². The first-order valence-corrected chi connectivity index (χ1v) is 7.72. The fourth-order valence-electron chi connectivity index (χ4n) is 3.08. The number of allylic oxidation sites excluding steroid dienone is 2. The highest BCUT2D eigenvalue weighted by Gasteiger charge is 2.53. The lowest BCUT2D eigenvalue weighted by atomic mass is 9.85. The van der Waals surface area contributed by atoms with Crippen molar-refractivity contribution in [2.45, 2.75) is 59.8 Å². The molecular formula is C17H28O2. The van der Waals surface area contributed by atoms with Gasteiger partial charge in [-0.1, -0.05) is 31.9 Å². The van der Waals surface area contributed by atoms with Gasteiger partial charge < -0.3 is 4.74 Å². The average molecular weight is 264 g/mol. The summed E-state index contributed by atoms with van der Waals surface area (Å²) < 4.78 is 5.52. The number of carbonyl (C=O) groups is 1. The fourth-order valence-corrected chi connectivity index (χ4v) is 3.08. The Bertz CT molecular complexity index is 363. The number of ether oxygens (including phenoxy) is 1. The molecule has 0 aromatic carbocycles. The molecule has 0 bridgehead atoms. The van der Waals surface area contributed by atoms with Gasteiger partial charge in [0.1, 0.15) is 0 Å². The zero-order valence-corrected chi connectivity index (χ0v) is 12.9. The van der Waals surface area contributed by atoms with Crippen molar-refractivity contribution in [3.63, 3.8) is 0 Å². The Hall–Kier alpha value is -0.790. The minimum atomic E-state index is 0.0510. The van der Waals surface area contributed by atoms with E-state index in [4.69, 9.17) is 4.74 Å². The summed E-state index contributed by atoms with van der Waals surface area (Å²) in [5.74, 6) is 1.68. The number of esters is 1. The Morgan fingerprint density at radius 2 is 2.11 bits per heavy atom. The van der Waals surface area contributed by atoms with Crippen molar-refractivity contribution in [2.24, 2.45) is 23.2 Å². The molecule has 2 aliphatic rings. The minimum absolute atomic E-state index is 0.0510. The maximum atomic E-state index is 11.8. The van der Waals surface area contributed by atoms with Crippen molar-refractivity contribution in [2.75, 3.05) is 6.61 Å². The Kier molecular flexibility index (Phi) is 4.37. The smallest absolute Gasteiger partial charge is 0.308 e. The lowest BCUT2D eigenvalue weighted by Crippen LogP contribution is -2.26. The second-order valence-corrected chi connectivity index (χ2v) is 7.19. The van der Waals surface area contributed by atoms with Crippen molar-refractivity contribution in [3.8, 4) is 0 Å². The van der Waals surface area contributed by atoms with Crippen LogP contribution in [0.3, 0.4) is 0 Å². The van der Waals surface area contributed by atoms with Gasteiger partial charge in [-0.2, -0.15) is 0 Å². The third-order valence-corrected chi connectivity index (χ3v) is 4.99. The molecule has 0 aromatic heterocycles. The van der Waals surface area contributed by atoms with Crippen LogP contribution in [0.2, 0.25) is 0 Å². The summed E-state index contributed by atoms with van der Waals surface area (Å²) in [5.41, 5.74) is 1.64. The molecule has 0 saturated heterocycles. The van der Waals surface area contributed by atoms with Crippen LogP contribution in [0.15, 0.2) is 11.6 Å². The van der Waals surface area contributed by atoms with E-state index in [1.165, 1.54) is 18.4 Å². The first-order valence-electron chi connectivity index (χ1n) is 7.72. The van der Waals surface area contributed by atoms with Crippen molar-refractivity contribution < 1.29 is 9.53 Å². The molecule has 2 fully saturated rings. The zero-order valence-electron chi connectivity index (χ0n) is 12.9. The summed E-state index contributed by atoms with van der Waals surface area (Å²) in [6, 6.07) is 0. The lowest BCUT2D eigenvalue weighted by Gasteiger charge is -2.24. The standard InChI is InChI=1S/C17H28O2/c1-12(2)8-9-13(3)15-10-17(15,4)11-19-16(18)14-6-5-7-14/h8,13-15H,5-7,9-11H2,1-4H3. The Labute approximate surface area is 117 Å². The van der Waals surface area contributed by atoms with E-state index in [2.05, 4.69) is 33.8 Å². The summed E-state index contributed by atoms with van der Waals surface area (Å²) in [7, 11) is 0. The highest BCUT2D eigenvalue weighted by molar-refractivity contribution is 5.73. The highest BCUT2D eigenvalue weighted by atomic mass is 16.5. The lowest BCUT2D eigenvalue weighted by molar-refractivity contribution is -0.153. The molecule has 0 amide bonds. The third-order valence-electron chi connectivity index (χ3n) is 4.99. The van der Waals surface area contributed by atoms with E-state index >= 15 is 0 Å². The molecular weight excluding hydrogens is 236 g/mol. The molecule has 2 nitrogen and oxygen atoms in total. The summed E-state index contributed by atoms with van der Waals surface area (Å²) in [6.45, 7) is 9.53. The molecule has 2 saturated carbocycles. The van der Waals surface area contributed by atoms with Gasteiger partial charge in [-0.05, 0) is 51.4 Å². The van der Waals surface area contributed by atoms with E-state index < -0.39 is 0 Å². The molecule has 108 valence electrons. The molecule has 0 heterocycles. The van der Waals surface area contributed by atoms with E-state index in [0.29, 0.717) is 12.5 Å². The van der Waals surface area contributed by atoms with Gasteiger partial charge in [0.25, 0.3) is 0 Å². The normalized spacial score (nSPS) is 31.3. The van der Waals surface area contributed by atoms with Crippen molar-refractivity contribution >= 4 is 5.97 Å². The maximum Gasteiger partial charge on any atom is 0.308 e. The molecule has 2 rings (SSSR count). The Morgan fingerprint density at radius 3 is 2.63 bits per heavy atom. The summed E-state index contributed by atoms with van der Waals surface area (Å²) >= 11 is 0. The number of hydrogen-bond acceptors (Lipinski definition) is 2. The number of carbonyl (C=O) groups excluding carboxylic acids is 1. The van der Waals surface area contributed by atoms with Gasteiger partial charge in [0.15, 0.2) is 0 Å². The van der Waals surface area contributed by atoms with Crippen LogP contribution in [0.1, 0.15) is 59.8 Å². The highest BCUT2D eigenvalue weighted by Crippen LogP contribution is 2.57. The van der Waals surface area contributed by atoms with E-state index in [0.717, 1.165) is 25.2 Å². The van der Waals surface area contributed by atoms with Gasteiger partial charge in [-0.15, -0.1) is 0 Å². The topological polar surface area (TPSA) is 26.3 Å². The van der Waals surface area contributed by atoms with Crippen LogP contribution in [0.5, 0.6) is 0 Å². The van der Waals surface area contributed by atoms with Crippen LogP contribution in [-0.4, -0.2) is 12.6 Å². The molecule has 19 heavy (non-hydrogen) atoms. The second kappa shape index (κ2) is 5.68. The fraction of sp³-hybridized carbons (Fsp3) is 0.824. The quantitative estimate of drug-likeness (QED) is 0.526. The minimum Gasteiger partial charge on any atom is -0.465 e. The van der Waals surface area contributed by atoms with Crippen molar-refractivity contribution in [3.05, 3.63) is 11.6 Å². The van der Waals surface area contributed by atoms with Crippen LogP contribution in [0.25, 0.3) is 0 Å². The number of hydrogen-bond donors (Lipinski definition) is 0. The summed E-state index contributed by atoms with van der Waals surface area (Å²) in [5, 5.41) is 0. The van der Waals surface area contributed by atoms with Crippen LogP contribution in [-0.2, 0) is 9.53 Å². The van der Waals surface area contributed by atoms with Gasteiger partial charge in [-0.25, -0.2) is 0 Å². The Balaban J connectivity index is 1.72. The van der Waals surface area contributed by atoms with Gasteiger partial charge in [0.2, 0.25) is 0 Å². The molecule has 3 atom stereocenters. The van der Waals surface area contributed by atoms with Gasteiger partial charge in [-0.3, -0.25) is 4.79 Å². The molecule has 0 N–H and O–H groups in total. The van der Waals surface area contributed by atoms with Crippen LogP contribution >= 0.6 is 0 Å². The first kappa shape index (κ1) is 14.6. The molecule has 0 aliphatic heterocycles. The summed E-state index contributed by atoms with van der Waals surface area (Å²) in [6.07, 6.45) is 7.96. The van der Waals surface area contributed by atoms with E-state index in [1.54, 1.807) is 0 Å². The zero-order chi connectivity index (χ0) is 14.0. The molecule has 2 aliphatic carbocycles. The first-order chi connectivity index (χ1) is 8.92. The predicted octanol–water partition coefficient (Wildman–Crippen LogP) is 4.35. The molecule has 0 radical (unpaired) electrons. The van der Waals surface area contributed by atoms with Crippen LogP contribution in [0, 0.1) is 23.2 Å². The maximum absolute atomic E-state index is 11.8. The van der Waals surface area contributed by atoms with Crippen molar-refractivity contribution in [1.29, 1.82) is 0 Å². The van der Waals surface area contributed by atoms with Gasteiger partial charge >= 0.3 is 5.97 Å². The van der Waals surface area contributed by atoms with E-state index in [1.807, 2.05) is 0 Å². The largest absolute Gasteiger partial charge is 0.465 e. The predicted molar refractivity (Wildman–Crippen MR) is 77.7 cm³/mol. The molecule has 0 aromatic rings. The molecule has 2 heteroatoms. The molecule has 3 unspecified atom stereocenters. The second-order valence-electron chi connectivity index (χ2n) is 7.19.